The molecule has 2 nitrogen and oxygen atoms in total. The molecule has 2 unspecified atom stereocenters. The third kappa shape index (κ3) is 4.90. The number of ether oxygens (including phenoxy) is 2. The quantitative estimate of drug-likeness (QED) is 0.533. The first-order chi connectivity index (χ1) is 13.1. The first-order valence-electron chi connectivity index (χ1n) is 10.5. The van der Waals surface area contributed by atoms with Crippen molar-refractivity contribution in [2.75, 3.05) is 13.2 Å². The van der Waals surface area contributed by atoms with E-state index in [2.05, 4.69) is 19.1 Å². The molecule has 150 valence electrons. The molecule has 0 bridgehead atoms. The molecule has 0 radical (unpaired) electrons. The molecule has 2 atom stereocenters. The Morgan fingerprint density at radius 2 is 1.81 bits per heavy atom. The molecule has 2 aliphatic rings. The number of halogens is 2. The average Bonchev–Trinajstić information content (AvgIpc) is 2.71. The van der Waals surface area contributed by atoms with Crippen molar-refractivity contribution in [2.45, 2.75) is 70.8 Å². The minimum Gasteiger partial charge on any atom is -0.491 e. The fraction of sp³-hybridized carbons (Fsp3) is 0.652. The molecule has 27 heavy (non-hydrogen) atoms. The van der Waals surface area contributed by atoms with Crippen LogP contribution in [-0.2, 0) is 4.74 Å². The molecule has 1 aromatic rings. The van der Waals surface area contributed by atoms with Gasteiger partial charge in [-0.05, 0) is 75.3 Å². The van der Waals surface area contributed by atoms with Gasteiger partial charge < -0.3 is 9.47 Å². The smallest absolute Gasteiger partial charge is 0.200 e. The summed E-state index contributed by atoms with van der Waals surface area (Å²) in [6.07, 6.45) is 12.1. The van der Waals surface area contributed by atoms with Gasteiger partial charge in [-0.15, -0.1) is 0 Å². The van der Waals surface area contributed by atoms with Crippen molar-refractivity contribution in [2.24, 2.45) is 11.8 Å². The second-order valence-electron chi connectivity index (χ2n) is 7.87. The van der Waals surface area contributed by atoms with Gasteiger partial charge in [-0.25, -0.2) is 4.39 Å². The van der Waals surface area contributed by atoms with E-state index in [1.807, 2.05) is 0 Å². The lowest BCUT2D eigenvalue weighted by Gasteiger charge is -2.37. The van der Waals surface area contributed by atoms with Crippen LogP contribution in [-0.4, -0.2) is 19.3 Å². The highest BCUT2D eigenvalue weighted by molar-refractivity contribution is 5.33. The van der Waals surface area contributed by atoms with Gasteiger partial charge in [0.25, 0.3) is 0 Å². The lowest BCUT2D eigenvalue weighted by Crippen LogP contribution is -2.33. The van der Waals surface area contributed by atoms with Crippen LogP contribution in [0.25, 0.3) is 0 Å². The summed E-state index contributed by atoms with van der Waals surface area (Å²) in [7, 11) is 0. The van der Waals surface area contributed by atoms with Gasteiger partial charge in [0, 0.05) is 5.92 Å². The molecule has 1 saturated carbocycles. The first-order valence-corrected chi connectivity index (χ1v) is 10.5. The Balaban J connectivity index is 1.54. The molecule has 1 aliphatic carbocycles. The van der Waals surface area contributed by atoms with Crippen LogP contribution in [0.2, 0.25) is 0 Å². The van der Waals surface area contributed by atoms with Crippen molar-refractivity contribution in [1.82, 2.24) is 0 Å². The van der Waals surface area contributed by atoms with Crippen molar-refractivity contribution >= 4 is 0 Å². The molecule has 1 aliphatic heterocycles. The zero-order valence-corrected chi connectivity index (χ0v) is 16.6. The molecular weight excluding hydrogens is 346 g/mol. The van der Waals surface area contributed by atoms with Crippen molar-refractivity contribution in [3.63, 3.8) is 0 Å². The standard InChI is InChI=1S/C23H32F2O2/c1-3-5-6-16-7-13-20(27-15-16)18-10-8-17(9-11-18)19-12-14-21(26-4-2)23(25)22(19)24/h5-6,12,14,16-18,20H,3-4,7-11,13,15H2,1-2H3. The second kappa shape index (κ2) is 9.68. The van der Waals surface area contributed by atoms with Gasteiger partial charge in [0.2, 0.25) is 5.82 Å². The summed E-state index contributed by atoms with van der Waals surface area (Å²) in [5.41, 5.74) is 0.503. The van der Waals surface area contributed by atoms with Crippen LogP contribution in [0.1, 0.15) is 70.3 Å². The number of benzene rings is 1. The maximum absolute atomic E-state index is 14.5. The number of allylic oxidation sites excluding steroid dienone is 1. The van der Waals surface area contributed by atoms with Gasteiger partial charge in [-0.2, -0.15) is 4.39 Å². The molecular formula is C23H32F2O2. The first kappa shape index (κ1) is 20.3. The van der Waals surface area contributed by atoms with Gasteiger partial charge in [0.15, 0.2) is 11.6 Å². The third-order valence-electron chi connectivity index (χ3n) is 6.10. The Hall–Kier alpha value is -1.42. The summed E-state index contributed by atoms with van der Waals surface area (Å²) in [6.45, 7) is 5.07. The highest BCUT2D eigenvalue weighted by Gasteiger charge is 2.33. The predicted octanol–water partition coefficient (Wildman–Crippen LogP) is 6.40. The predicted molar refractivity (Wildman–Crippen MR) is 104 cm³/mol. The summed E-state index contributed by atoms with van der Waals surface area (Å²) in [4.78, 5) is 0. The van der Waals surface area contributed by atoms with E-state index in [1.165, 1.54) is 6.42 Å². The maximum Gasteiger partial charge on any atom is 0.200 e. The Morgan fingerprint density at radius 1 is 1.04 bits per heavy atom. The highest BCUT2D eigenvalue weighted by atomic mass is 19.2. The molecule has 0 spiro atoms. The summed E-state index contributed by atoms with van der Waals surface area (Å²) in [6, 6.07) is 3.27. The van der Waals surface area contributed by atoms with Crippen LogP contribution >= 0.6 is 0 Å². The van der Waals surface area contributed by atoms with Gasteiger partial charge in [-0.3, -0.25) is 0 Å². The van der Waals surface area contributed by atoms with Crippen LogP contribution in [0.15, 0.2) is 24.3 Å². The van der Waals surface area contributed by atoms with Crippen molar-refractivity contribution in [1.29, 1.82) is 0 Å². The highest BCUT2D eigenvalue weighted by Crippen LogP contribution is 2.41. The van der Waals surface area contributed by atoms with E-state index in [-0.39, 0.29) is 11.7 Å². The Kier molecular flexibility index (Phi) is 7.28. The molecule has 0 aromatic heterocycles. The van der Waals surface area contributed by atoms with Gasteiger partial charge in [0.1, 0.15) is 0 Å². The molecule has 0 amide bonds. The third-order valence-corrected chi connectivity index (χ3v) is 6.10. The summed E-state index contributed by atoms with van der Waals surface area (Å²) in [5, 5.41) is 0. The van der Waals surface area contributed by atoms with Gasteiger partial charge in [-0.1, -0.05) is 25.1 Å². The fourth-order valence-electron chi connectivity index (χ4n) is 4.58. The van der Waals surface area contributed by atoms with Crippen LogP contribution in [0.3, 0.4) is 0 Å². The zero-order chi connectivity index (χ0) is 19.2. The Morgan fingerprint density at radius 3 is 2.44 bits per heavy atom. The van der Waals surface area contributed by atoms with E-state index in [0.29, 0.717) is 30.1 Å². The van der Waals surface area contributed by atoms with E-state index in [0.717, 1.165) is 45.1 Å². The SMILES string of the molecule is CCC=CC1CCC(C2CCC(c3ccc(OCC)c(F)c3F)CC2)OC1. The summed E-state index contributed by atoms with van der Waals surface area (Å²) < 4.78 is 40.0. The minimum absolute atomic E-state index is 0.00900. The Bertz CT molecular complexity index is 628. The minimum atomic E-state index is -0.849. The van der Waals surface area contributed by atoms with E-state index in [4.69, 9.17) is 9.47 Å². The van der Waals surface area contributed by atoms with E-state index in [1.54, 1.807) is 19.1 Å². The van der Waals surface area contributed by atoms with Crippen LogP contribution in [0.5, 0.6) is 5.75 Å². The maximum atomic E-state index is 14.5. The zero-order valence-electron chi connectivity index (χ0n) is 16.6. The normalized spacial score (nSPS) is 29.2. The lowest BCUT2D eigenvalue weighted by atomic mass is 9.75. The largest absolute Gasteiger partial charge is 0.491 e. The second-order valence-corrected chi connectivity index (χ2v) is 7.87. The van der Waals surface area contributed by atoms with Crippen molar-refractivity contribution in [3.05, 3.63) is 41.5 Å². The van der Waals surface area contributed by atoms with Crippen LogP contribution < -0.4 is 4.74 Å². The van der Waals surface area contributed by atoms with E-state index in [9.17, 15) is 8.78 Å². The van der Waals surface area contributed by atoms with Crippen molar-refractivity contribution < 1.29 is 18.3 Å². The molecule has 0 N–H and O–H groups in total. The lowest BCUT2D eigenvalue weighted by molar-refractivity contribution is -0.0471. The molecule has 3 rings (SSSR count). The van der Waals surface area contributed by atoms with E-state index >= 15 is 0 Å². The molecule has 4 heteroatoms. The Labute approximate surface area is 161 Å². The van der Waals surface area contributed by atoms with Gasteiger partial charge >= 0.3 is 0 Å². The number of hydrogen-bond donors (Lipinski definition) is 0. The van der Waals surface area contributed by atoms with Gasteiger partial charge in [0.05, 0.1) is 19.3 Å². The summed E-state index contributed by atoms with van der Waals surface area (Å²) >= 11 is 0. The van der Waals surface area contributed by atoms with E-state index < -0.39 is 11.6 Å². The summed E-state index contributed by atoms with van der Waals surface area (Å²) in [5.74, 6) is -0.376. The molecule has 1 heterocycles. The molecule has 1 saturated heterocycles. The molecule has 2 fully saturated rings. The average molecular weight is 379 g/mol. The molecule has 1 aromatic carbocycles. The monoisotopic (exact) mass is 378 g/mol. The number of rotatable bonds is 6. The van der Waals surface area contributed by atoms with Crippen LogP contribution in [0.4, 0.5) is 8.78 Å². The topological polar surface area (TPSA) is 18.5 Å². The number of hydrogen-bond acceptors (Lipinski definition) is 2. The van der Waals surface area contributed by atoms with Crippen molar-refractivity contribution in [3.8, 4) is 5.75 Å². The van der Waals surface area contributed by atoms with Crippen LogP contribution in [0, 0.1) is 23.5 Å². The fourth-order valence-corrected chi connectivity index (χ4v) is 4.58.